The molecule has 0 saturated carbocycles. The minimum Gasteiger partial charge on any atom is -0.379 e. The summed E-state index contributed by atoms with van der Waals surface area (Å²) in [7, 11) is 0. The fourth-order valence-corrected chi connectivity index (χ4v) is 3.00. The Morgan fingerprint density at radius 3 is 2.17 bits per heavy atom. The van der Waals surface area contributed by atoms with Gasteiger partial charge in [-0.1, -0.05) is 58.4 Å². The maximum atomic E-state index is 5.39. The van der Waals surface area contributed by atoms with Gasteiger partial charge in [0.2, 0.25) is 0 Å². The molecule has 0 radical (unpaired) electrons. The van der Waals surface area contributed by atoms with E-state index in [4.69, 9.17) is 4.74 Å². The first-order valence-corrected chi connectivity index (χ1v) is 8.85. The van der Waals surface area contributed by atoms with Crippen LogP contribution in [0, 0.1) is 0 Å². The van der Waals surface area contributed by atoms with Crippen LogP contribution in [0.2, 0.25) is 0 Å². The lowest BCUT2D eigenvalue weighted by molar-refractivity contribution is 0.0435. The molecule has 23 heavy (non-hydrogen) atoms. The lowest BCUT2D eigenvalue weighted by Gasteiger charge is -2.25. The lowest BCUT2D eigenvalue weighted by Crippen LogP contribution is -2.36. The van der Waals surface area contributed by atoms with Crippen molar-refractivity contribution >= 4 is 21.5 Å². The number of nitrogens with zero attached hydrogens (tertiary/aromatic N) is 1. The van der Waals surface area contributed by atoms with Gasteiger partial charge in [-0.05, 0) is 41.3 Å². The fourth-order valence-electron chi connectivity index (χ4n) is 2.74. The average molecular weight is 372 g/mol. The Labute approximate surface area is 146 Å². The summed E-state index contributed by atoms with van der Waals surface area (Å²) < 4.78 is 6.50. The molecule has 0 aromatic heterocycles. The highest BCUT2D eigenvalue weighted by atomic mass is 79.9. The smallest absolute Gasteiger partial charge is 0.0594 e. The van der Waals surface area contributed by atoms with Crippen molar-refractivity contribution in [3.05, 3.63) is 64.6 Å². The Hall–Kier alpha value is -1.42. The van der Waals surface area contributed by atoms with E-state index in [9.17, 15) is 0 Å². The van der Waals surface area contributed by atoms with E-state index in [2.05, 4.69) is 82.4 Å². The molecule has 0 bridgehead atoms. The molecule has 3 rings (SSSR count). The molecule has 1 saturated heterocycles. The van der Waals surface area contributed by atoms with Gasteiger partial charge in [0.1, 0.15) is 0 Å². The predicted molar refractivity (Wildman–Crippen MR) is 100 cm³/mol. The van der Waals surface area contributed by atoms with Crippen LogP contribution >= 0.6 is 15.9 Å². The van der Waals surface area contributed by atoms with E-state index in [-0.39, 0.29) is 0 Å². The van der Waals surface area contributed by atoms with Crippen molar-refractivity contribution < 1.29 is 4.74 Å². The monoisotopic (exact) mass is 371 g/mol. The van der Waals surface area contributed by atoms with Gasteiger partial charge >= 0.3 is 0 Å². The number of rotatable bonds is 4. The van der Waals surface area contributed by atoms with Crippen molar-refractivity contribution in [3.63, 3.8) is 0 Å². The predicted octanol–water partition coefficient (Wildman–Crippen LogP) is 4.85. The number of ether oxygens (including phenoxy) is 1. The van der Waals surface area contributed by atoms with Crippen molar-refractivity contribution in [1.82, 2.24) is 4.90 Å². The molecule has 2 aromatic rings. The Kier molecular flexibility index (Phi) is 5.65. The van der Waals surface area contributed by atoms with Crippen LogP contribution in [0.25, 0.3) is 16.7 Å². The molecule has 120 valence electrons. The summed E-state index contributed by atoms with van der Waals surface area (Å²) >= 11 is 3.48. The molecule has 1 aliphatic heterocycles. The third-order valence-corrected chi connectivity index (χ3v) is 4.81. The van der Waals surface area contributed by atoms with Crippen LogP contribution in [-0.4, -0.2) is 37.7 Å². The minimum atomic E-state index is 0.856. The van der Waals surface area contributed by atoms with Gasteiger partial charge in [-0.2, -0.15) is 0 Å². The van der Waals surface area contributed by atoms with E-state index in [1.54, 1.807) is 0 Å². The molecule has 0 atom stereocenters. The van der Waals surface area contributed by atoms with Gasteiger partial charge in [0.15, 0.2) is 0 Å². The number of hydrogen-bond acceptors (Lipinski definition) is 2. The fraction of sp³-hybridized carbons (Fsp3) is 0.300. The Bertz CT molecular complexity index is 655. The van der Waals surface area contributed by atoms with Gasteiger partial charge in [0.05, 0.1) is 13.2 Å². The molecule has 1 fully saturated rings. The quantitative estimate of drug-likeness (QED) is 0.761. The third kappa shape index (κ3) is 4.54. The summed E-state index contributed by atoms with van der Waals surface area (Å²) in [5.41, 5.74) is 5.12. The summed E-state index contributed by atoms with van der Waals surface area (Å²) in [6.45, 7) is 6.97. The van der Waals surface area contributed by atoms with Crippen molar-refractivity contribution in [3.8, 4) is 11.1 Å². The molecular formula is C20H22BrNO. The SMILES string of the molecule is CC(=CCN1CCOCC1)c1ccc(-c2ccc(Br)cc2)cc1. The Morgan fingerprint density at radius 2 is 1.57 bits per heavy atom. The molecule has 3 heteroatoms. The third-order valence-electron chi connectivity index (χ3n) is 4.28. The second-order valence-corrected chi connectivity index (χ2v) is 6.80. The number of benzene rings is 2. The van der Waals surface area contributed by atoms with E-state index in [1.807, 2.05) is 0 Å². The highest BCUT2D eigenvalue weighted by molar-refractivity contribution is 9.10. The number of hydrogen-bond donors (Lipinski definition) is 0. The molecule has 0 spiro atoms. The first kappa shape index (κ1) is 16.4. The molecule has 0 unspecified atom stereocenters. The first-order chi connectivity index (χ1) is 11.2. The van der Waals surface area contributed by atoms with E-state index < -0.39 is 0 Å². The van der Waals surface area contributed by atoms with Gasteiger partial charge < -0.3 is 4.74 Å². The van der Waals surface area contributed by atoms with Gasteiger partial charge in [-0.3, -0.25) is 4.90 Å². The molecule has 1 aliphatic rings. The zero-order valence-corrected chi connectivity index (χ0v) is 15.1. The molecule has 0 aliphatic carbocycles. The summed E-state index contributed by atoms with van der Waals surface area (Å²) in [4.78, 5) is 2.43. The molecule has 2 nitrogen and oxygen atoms in total. The van der Waals surface area contributed by atoms with E-state index in [0.29, 0.717) is 0 Å². The number of allylic oxidation sites excluding steroid dienone is 1. The van der Waals surface area contributed by atoms with Gasteiger partial charge in [-0.15, -0.1) is 0 Å². The second kappa shape index (κ2) is 7.91. The highest BCUT2D eigenvalue weighted by Gasteiger charge is 2.08. The normalized spacial score (nSPS) is 16.5. The maximum Gasteiger partial charge on any atom is 0.0594 e. The summed E-state index contributed by atoms with van der Waals surface area (Å²) in [5, 5.41) is 0. The van der Waals surface area contributed by atoms with Crippen LogP contribution in [-0.2, 0) is 4.74 Å². The summed E-state index contributed by atoms with van der Waals surface area (Å²) in [5.74, 6) is 0. The van der Waals surface area contributed by atoms with Crippen LogP contribution in [0.5, 0.6) is 0 Å². The Morgan fingerprint density at radius 1 is 1.00 bits per heavy atom. The lowest BCUT2D eigenvalue weighted by atomic mass is 10.0. The number of halogens is 1. The van der Waals surface area contributed by atoms with Crippen molar-refractivity contribution in [2.45, 2.75) is 6.92 Å². The molecule has 0 N–H and O–H groups in total. The molecule has 0 amide bonds. The van der Waals surface area contributed by atoms with Crippen LogP contribution in [0.1, 0.15) is 12.5 Å². The van der Waals surface area contributed by atoms with Gasteiger partial charge in [0.25, 0.3) is 0 Å². The van der Waals surface area contributed by atoms with Gasteiger partial charge in [-0.25, -0.2) is 0 Å². The molecule has 1 heterocycles. The van der Waals surface area contributed by atoms with E-state index in [0.717, 1.165) is 37.3 Å². The Balaban J connectivity index is 1.67. The van der Waals surface area contributed by atoms with Crippen LogP contribution in [0.15, 0.2) is 59.1 Å². The second-order valence-electron chi connectivity index (χ2n) is 5.88. The van der Waals surface area contributed by atoms with Gasteiger partial charge in [0, 0.05) is 24.1 Å². The van der Waals surface area contributed by atoms with Crippen molar-refractivity contribution in [1.29, 1.82) is 0 Å². The zero-order chi connectivity index (χ0) is 16.1. The standard InChI is InChI=1S/C20H22BrNO/c1-16(10-11-22-12-14-23-15-13-22)17-2-4-18(5-3-17)19-6-8-20(21)9-7-19/h2-10H,11-15H2,1H3. The minimum absolute atomic E-state index is 0.856. The van der Waals surface area contributed by atoms with Crippen molar-refractivity contribution in [2.75, 3.05) is 32.8 Å². The summed E-state index contributed by atoms with van der Waals surface area (Å²) in [6.07, 6.45) is 2.32. The molecule has 2 aromatic carbocycles. The largest absolute Gasteiger partial charge is 0.379 e. The van der Waals surface area contributed by atoms with E-state index >= 15 is 0 Å². The first-order valence-electron chi connectivity index (χ1n) is 8.05. The van der Waals surface area contributed by atoms with Crippen LogP contribution < -0.4 is 0 Å². The van der Waals surface area contributed by atoms with E-state index in [1.165, 1.54) is 22.3 Å². The number of morpholine rings is 1. The zero-order valence-electron chi connectivity index (χ0n) is 13.5. The average Bonchev–Trinajstić information content (AvgIpc) is 2.61. The topological polar surface area (TPSA) is 12.5 Å². The molecular weight excluding hydrogens is 350 g/mol. The van der Waals surface area contributed by atoms with Crippen LogP contribution in [0.3, 0.4) is 0 Å². The summed E-state index contributed by atoms with van der Waals surface area (Å²) in [6, 6.07) is 17.3. The maximum absolute atomic E-state index is 5.39. The van der Waals surface area contributed by atoms with Crippen LogP contribution in [0.4, 0.5) is 0 Å². The van der Waals surface area contributed by atoms with Crippen molar-refractivity contribution in [2.24, 2.45) is 0 Å². The highest BCUT2D eigenvalue weighted by Crippen LogP contribution is 2.24.